The molecule has 1 aliphatic heterocycles. The SMILES string of the molecule is N#Cc1ccc(N[C@H]2CC[C@H](OCC(=O)NCC3CCN(c4ccc(C(F)(F)F)cc4)CC3)CC2)cc1C(F)(F)F. The standard InChI is InChI=1S/C29H32F6N4O2/c30-28(31,32)21-2-7-24(8-3-21)39-13-11-19(12-14-39)17-37-27(40)18-41-25-9-5-22(6-10-25)38-23-4-1-20(16-36)26(15-23)29(33,34)35/h1-4,7-8,15,19,22,25,38H,5-6,9-14,17-18H2,(H,37,40)/t22-,25-. The summed E-state index contributed by atoms with van der Waals surface area (Å²) in [5.74, 6) is 0.0546. The Morgan fingerprint density at radius 1 is 0.927 bits per heavy atom. The van der Waals surface area contributed by atoms with Gasteiger partial charge < -0.3 is 20.3 Å². The summed E-state index contributed by atoms with van der Waals surface area (Å²) in [6.45, 7) is 1.82. The van der Waals surface area contributed by atoms with Crippen molar-refractivity contribution in [2.75, 3.05) is 36.5 Å². The summed E-state index contributed by atoms with van der Waals surface area (Å²) in [5, 5.41) is 15.0. The van der Waals surface area contributed by atoms with Crippen molar-refractivity contribution in [3.05, 3.63) is 59.2 Å². The molecular formula is C29H32F6N4O2. The Labute approximate surface area is 234 Å². The molecular weight excluding hydrogens is 550 g/mol. The van der Waals surface area contributed by atoms with E-state index in [2.05, 4.69) is 10.6 Å². The zero-order valence-electron chi connectivity index (χ0n) is 22.3. The lowest BCUT2D eigenvalue weighted by Gasteiger charge is -2.34. The number of piperidine rings is 1. The first-order valence-electron chi connectivity index (χ1n) is 13.6. The zero-order chi connectivity index (χ0) is 29.6. The minimum atomic E-state index is -4.61. The van der Waals surface area contributed by atoms with Crippen molar-refractivity contribution >= 4 is 17.3 Å². The van der Waals surface area contributed by atoms with E-state index < -0.39 is 29.0 Å². The average Bonchev–Trinajstić information content (AvgIpc) is 2.95. The summed E-state index contributed by atoms with van der Waals surface area (Å²) in [4.78, 5) is 14.4. The summed E-state index contributed by atoms with van der Waals surface area (Å²) in [6, 6.07) is 10.3. The fourth-order valence-corrected chi connectivity index (χ4v) is 5.33. The van der Waals surface area contributed by atoms with Gasteiger partial charge in [0.15, 0.2) is 0 Å². The Hall–Kier alpha value is -3.46. The van der Waals surface area contributed by atoms with Gasteiger partial charge in [0.25, 0.3) is 0 Å². The largest absolute Gasteiger partial charge is 0.417 e. The fraction of sp³-hybridized carbons (Fsp3) is 0.517. The van der Waals surface area contributed by atoms with Gasteiger partial charge in [0, 0.05) is 37.1 Å². The second-order valence-corrected chi connectivity index (χ2v) is 10.6. The van der Waals surface area contributed by atoms with Gasteiger partial charge >= 0.3 is 12.4 Å². The van der Waals surface area contributed by atoms with Gasteiger partial charge in [-0.3, -0.25) is 4.79 Å². The molecule has 1 saturated heterocycles. The van der Waals surface area contributed by atoms with Crippen LogP contribution in [0, 0.1) is 17.2 Å². The van der Waals surface area contributed by atoms with Crippen LogP contribution in [0.5, 0.6) is 0 Å². The molecule has 41 heavy (non-hydrogen) atoms. The third-order valence-corrected chi connectivity index (χ3v) is 7.70. The van der Waals surface area contributed by atoms with E-state index in [0.717, 1.165) is 36.7 Å². The number of carbonyl (C=O) groups excluding carboxylic acids is 1. The molecule has 12 heteroatoms. The van der Waals surface area contributed by atoms with Gasteiger partial charge in [0.2, 0.25) is 5.91 Å². The van der Waals surface area contributed by atoms with Crippen LogP contribution in [0.4, 0.5) is 37.7 Å². The van der Waals surface area contributed by atoms with Crippen molar-refractivity contribution in [2.24, 2.45) is 5.92 Å². The lowest BCUT2D eigenvalue weighted by atomic mass is 9.92. The first-order valence-corrected chi connectivity index (χ1v) is 13.6. The van der Waals surface area contributed by atoms with Crippen LogP contribution >= 0.6 is 0 Å². The van der Waals surface area contributed by atoms with Gasteiger partial charge in [-0.2, -0.15) is 31.6 Å². The minimum Gasteiger partial charge on any atom is -0.382 e. The van der Waals surface area contributed by atoms with E-state index in [1.807, 2.05) is 4.90 Å². The van der Waals surface area contributed by atoms with Crippen LogP contribution in [-0.4, -0.2) is 44.3 Å². The Bertz CT molecular complexity index is 1210. The number of anilines is 2. The second kappa shape index (κ2) is 13.0. The molecule has 2 fully saturated rings. The van der Waals surface area contributed by atoms with E-state index in [-0.39, 0.29) is 30.6 Å². The van der Waals surface area contributed by atoms with Gasteiger partial charge in [0.05, 0.1) is 28.9 Å². The van der Waals surface area contributed by atoms with E-state index in [9.17, 15) is 31.1 Å². The van der Waals surface area contributed by atoms with Crippen molar-refractivity contribution in [3.8, 4) is 6.07 Å². The average molecular weight is 583 g/mol. The second-order valence-electron chi connectivity index (χ2n) is 10.6. The molecule has 6 nitrogen and oxygen atoms in total. The Morgan fingerprint density at radius 3 is 2.17 bits per heavy atom. The molecule has 0 bridgehead atoms. The van der Waals surface area contributed by atoms with Crippen LogP contribution in [-0.2, 0) is 21.9 Å². The number of carbonyl (C=O) groups is 1. The molecule has 1 saturated carbocycles. The molecule has 222 valence electrons. The number of amides is 1. The molecule has 2 N–H and O–H groups in total. The van der Waals surface area contributed by atoms with Gasteiger partial charge in [-0.15, -0.1) is 0 Å². The Balaban J connectivity index is 1.12. The predicted molar refractivity (Wildman–Crippen MR) is 141 cm³/mol. The van der Waals surface area contributed by atoms with Crippen molar-refractivity contribution in [2.45, 2.75) is 63.0 Å². The Morgan fingerprint density at radius 2 is 1.59 bits per heavy atom. The summed E-state index contributed by atoms with van der Waals surface area (Å²) in [6.07, 6.45) is -4.79. The molecule has 2 aromatic carbocycles. The molecule has 0 spiro atoms. The van der Waals surface area contributed by atoms with Gasteiger partial charge in [-0.1, -0.05) is 0 Å². The number of nitrogens with one attached hydrogen (secondary N) is 2. The topological polar surface area (TPSA) is 77.4 Å². The quantitative estimate of drug-likeness (QED) is 0.354. The van der Waals surface area contributed by atoms with E-state index in [1.165, 1.54) is 24.3 Å². The smallest absolute Gasteiger partial charge is 0.382 e. The van der Waals surface area contributed by atoms with Crippen LogP contribution < -0.4 is 15.5 Å². The number of halogens is 6. The highest BCUT2D eigenvalue weighted by Gasteiger charge is 2.34. The predicted octanol–water partition coefficient (Wildman–Crippen LogP) is 6.37. The summed E-state index contributed by atoms with van der Waals surface area (Å²) in [5.41, 5.74) is -0.983. The highest BCUT2D eigenvalue weighted by atomic mass is 19.4. The third-order valence-electron chi connectivity index (χ3n) is 7.70. The molecule has 1 amide bonds. The zero-order valence-corrected chi connectivity index (χ0v) is 22.3. The van der Waals surface area contributed by atoms with Crippen LogP contribution in [0.3, 0.4) is 0 Å². The molecule has 0 atom stereocenters. The van der Waals surface area contributed by atoms with Crippen LogP contribution in [0.25, 0.3) is 0 Å². The minimum absolute atomic E-state index is 0.0360. The maximum absolute atomic E-state index is 13.2. The summed E-state index contributed by atoms with van der Waals surface area (Å²) in [7, 11) is 0. The van der Waals surface area contributed by atoms with Gasteiger partial charge in [0.1, 0.15) is 6.61 Å². The maximum atomic E-state index is 13.2. The monoisotopic (exact) mass is 582 g/mol. The number of hydrogen-bond donors (Lipinski definition) is 2. The number of nitriles is 1. The van der Waals surface area contributed by atoms with E-state index in [0.29, 0.717) is 51.0 Å². The number of nitrogens with zero attached hydrogens (tertiary/aromatic N) is 2. The Kier molecular flexibility index (Phi) is 9.68. The lowest BCUT2D eigenvalue weighted by molar-refractivity contribution is -0.138. The summed E-state index contributed by atoms with van der Waals surface area (Å²) < 4.78 is 83.8. The summed E-state index contributed by atoms with van der Waals surface area (Å²) >= 11 is 0. The highest BCUT2D eigenvalue weighted by Crippen LogP contribution is 2.35. The van der Waals surface area contributed by atoms with E-state index in [4.69, 9.17) is 10.00 Å². The molecule has 2 aromatic rings. The first kappa shape index (κ1) is 30.5. The maximum Gasteiger partial charge on any atom is 0.417 e. The molecule has 0 aromatic heterocycles. The molecule has 0 unspecified atom stereocenters. The van der Waals surface area contributed by atoms with E-state index in [1.54, 1.807) is 6.07 Å². The number of rotatable bonds is 8. The normalized spacial score (nSPS) is 20.4. The lowest BCUT2D eigenvalue weighted by Crippen LogP contribution is -2.40. The molecule has 1 heterocycles. The van der Waals surface area contributed by atoms with Crippen molar-refractivity contribution < 1.29 is 35.9 Å². The highest BCUT2D eigenvalue weighted by molar-refractivity contribution is 5.77. The molecule has 1 aliphatic carbocycles. The molecule has 0 radical (unpaired) electrons. The number of hydrogen-bond acceptors (Lipinski definition) is 5. The van der Waals surface area contributed by atoms with Gasteiger partial charge in [-0.25, -0.2) is 0 Å². The van der Waals surface area contributed by atoms with Crippen LogP contribution in [0.1, 0.15) is 55.2 Å². The van der Waals surface area contributed by atoms with Crippen molar-refractivity contribution in [1.29, 1.82) is 5.26 Å². The van der Waals surface area contributed by atoms with Crippen molar-refractivity contribution in [1.82, 2.24) is 5.32 Å². The number of ether oxygens (including phenoxy) is 1. The fourth-order valence-electron chi connectivity index (χ4n) is 5.33. The van der Waals surface area contributed by atoms with Gasteiger partial charge in [-0.05, 0) is 86.9 Å². The first-order chi connectivity index (χ1) is 19.4. The number of benzene rings is 2. The van der Waals surface area contributed by atoms with Crippen LogP contribution in [0.15, 0.2) is 42.5 Å². The van der Waals surface area contributed by atoms with E-state index >= 15 is 0 Å². The number of alkyl halides is 6. The molecule has 2 aliphatic rings. The third kappa shape index (κ3) is 8.52. The molecule has 4 rings (SSSR count). The van der Waals surface area contributed by atoms with Crippen LogP contribution in [0.2, 0.25) is 0 Å². The van der Waals surface area contributed by atoms with Crippen molar-refractivity contribution in [3.63, 3.8) is 0 Å².